The highest BCUT2D eigenvalue weighted by molar-refractivity contribution is 5.68. The largest absolute Gasteiger partial charge is 0.493 e. The molecule has 44 heavy (non-hydrogen) atoms. The molecule has 8 nitrogen and oxygen atoms in total. The van der Waals surface area contributed by atoms with Crippen LogP contribution in [0.25, 0.3) is 0 Å². The number of ether oxygens (including phenoxy) is 6. The summed E-state index contributed by atoms with van der Waals surface area (Å²) in [7, 11) is 8.76. The molecule has 1 aliphatic heterocycles. The highest BCUT2D eigenvalue weighted by Crippen LogP contribution is 2.52. The van der Waals surface area contributed by atoms with E-state index in [2.05, 4.69) is 31.9 Å². The van der Waals surface area contributed by atoms with Gasteiger partial charge in [-0.2, -0.15) is 5.26 Å². The number of rotatable bonds is 19. The fourth-order valence-electron chi connectivity index (χ4n) is 6.09. The molecular formula is C36H54N2O6. The molecule has 244 valence electrons. The van der Waals surface area contributed by atoms with Gasteiger partial charge in [0.25, 0.3) is 0 Å². The van der Waals surface area contributed by atoms with Crippen LogP contribution in [0.2, 0.25) is 0 Å². The fraction of sp³-hybridized carbons (Fsp3) is 0.639. The quantitative estimate of drug-likeness (QED) is 0.149. The van der Waals surface area contributed by atoms with E-state index in [1.807, 2.05) is 25.1 Å². The van der Waals surface area contributed by atoms with Crippen molar-refractivity contribution in [2.45, 2.75) is 103 Å². The molecular weight excluding hydrogens is 556 g/mol. The smallest absolute Gasteiger partial charge is 0.207 e. The van der Waals surface area contributed by atoms with Gasteiger partial charge in [-0.05, 0) is 70.2 Å². The molecule has 0 aromatic heterocycles. The molecule has 3 rings (SSSR count). The summed E-state index contributed by atoms with van der Waals surface area (Å²) in [6.07, 6.45) is 9.84. The van der Waals surface area contributed by atoms with Crippen LogP contribution in [-0.2, 0) is 18.4 Å². The zero-order valence-corrected chi connectivity index (χ0v) is 28.3. The standard InChI is InChI=1S/C36H54N2O6/c1-9-11-13-20-43-32-28-23-27(16-15-19-36(3,25-37)26-17-18-30(39-5)31(22-26)40-6)38(4)24-29(28)33(44-21-14-12-10-2)35(42-8)34(32)41-7/h17-18,22,27H,9-16,19-21,23-24H2,1-8H3. The maximum absolute atomic E-state index is 10.3. The van der Waals surface area contributed by atoms with Gasteiger partial charge in [-0.1, -0.05) is 45.6 Å². The lowest BCUT2D eigenvalue weighted by Crippen LogP contribution is -2.38. The predicted molar refractivity (Wildman–Crippen MR) is 175 cm³/mol. The average molecular weight is 611 g/mol. The van der Waals surface area contributed by atoms with Gasteiger partial charge >= 0.3 is 0 Å². The molecule has 0 aliphatic carbocycles. The van der Waals surface area contributed by atoms with Crippen LogP contribution in [0.1, 0.15) is 95.2 Å². The van der Waals surface area contributed by atoms with Crippen LogP contribution in [0.15, 0.2) is 18.2 Å². The molecule has 0 fully saturated rings. The Kier molecular flexibility index (Phi) is 13.8. The molecule has 0 saturated heterocycles. The molecule has 0 amide bonds. The van der Waals surface area contributed by atoms with Gasteiger partial charge in [0.2, 0.25) is 11.5 Å². The second-order valence-electron chi connectivity index (χ2n) is 12.0. The normalized spacial score (nSPS) is 15.9. The minimum absolute atomic E-state index is 0.278. The molecule has 2 atom stereocenters. The van der Waals surface area contributed by atoms with Gasteiger partial charge in [-0.25, -0.2) is 0 Å². The van der Waals surface area contributed by atoms with Crippen LogP contribution in [0.4, 0.5) is 0 Å². The van der Waals surface area contributed by atoms with Crippen molar-refractivity contribution in [3.8, 4) is 40.6 Å². The van der Waals surface area contributed by atoms with Gasteiger partial charge in [0.15, 0.2) is 23.0 Å². The number of nitriles is 1. The Balaban J connectivity index is 1.88. The Morgan fingerprint density at radius 3 is 1.91 bits per heavy atom. The van der Waals surface area contributed by atoms with E-state index in [0.717, 1.165) is 98.9 Å². The Hall–Kier alpha value is -3.31. The van der Waals surface area contributed by atoms with Gasteiger partial charge in [0.05, 0.1) is 53.1 Å². The number of hydrogen-bond acceptors (Lipinski definition) is 8. The van der Waals surface area contributed by atoms with Gasteiger partial charge in [0, 0.05) is 23.7 Å². The predicted octanol–water partition coefficient (Wildman–Crippen LogP) is 7.87. The highest BCUT2D eigenvalue weighted by Gasteiger charge is 2.35. The minimum atomic E-state index is -0.645. The molecule has 1 heterocycles. The minimum Gasteiger partial charge on any atom is -0.493 e. The van der Waals surface area contributed by atoms with Crippen molar-refractivity contribution >= 4 is 0 Å². The van der Waals surface area contributed by atoms with Crippen molar-refractivity contribution in [2.75, 3.05) is 48.7 Å². The van der Waals surface area contributed by atoms with Gasteiger partial charge < -0.3 is 28.4 Å². The molecule has 1 aliphatic rings. The third-order valence-corrected chi connectivity index (χ3v) is 8.88. The lowest BCUT2D eigenvalue weighted by atomic mass is 9.78. The van der Waals surface area contributed by atoms with Crippen LogP contribution in [-0.4, -0.2) is 59.6 Å². The van der Waals surface area contributed by atoms with Crippen molar-refractivity contribution in [3.63, 3.8) is 0 Å². The van der Waals surface area contributed by atoms with Crippen molar-refractivity contribution in [1.29, 1.82) is 5.26 Å². The third-order valence-electron chi connectivity index (χ3n) is 8.88. The van der Waals surface area contributed by atoms with E-state index in [9.17, 15) is 5.26 Å². The van der Waals surface area contributed by atoms with Crippen molar-refractivity contribution in [1.82, 2.24) is 4.90 Å². The van der Waals surface area contributed by atoms with E-state index in [1.54, 1.807) is 28.4 Å². The second-order valence-corrected chi connectivity index (χ2v) is 12.0. The third kappa shape index (κ3) is 8.24. The Morgan fingerprint density at radius 1 is 0.795 bits per heavy atom. The van der Waals surface area contributed by atoms with Gasteiger partial charge in [-0.15, -0.1) is 0 Å². The van der Waals surface area contributed by atoms with E-state index in [-0.39, 0.29) is 6.04 Å². The van der Waals surface area contributed by atoms with E-state index in [0.29, 0.717) is 36.2 Å². The molecule has 2 aromatic carbocycles. The van der Waals surface area contributed by atoms with E-state index in [4.69, 9.17) is 28.4 Å². The van der Waals surface area contributed by atoms with Crippen LogP contribution >= 0.6 is 0 Å². The number of nitrogens with zero attached hydrogens (tertiary/aromatic N) is 2. The summed E-state index contributed by atoms with van der Waals surface area (Å²) in [6.45, 7) is 8.38. The van der Waals surface area contributed by atoms with Gasteiger partial charge in [0.1, 0.15) is 0 Å². The molecule has 2 aromatic rings. The Labute approximate surface area is 265 Å². The molecule has 0 bridgehead atoms. The summed E-state index contributed by atoms with van der Waals surface area (Å²) >= 11 is 0. The topological polar surface area (TPSA) is 82.4 Å². The SMILES string of the molecule is CCCCCOc1c2c(c(OCCCCC)c(OC)c1OC)CN(C)C(CCCC(C)(C#N)c1ccc(OC)c(OC)c1)C2. The second kappa shape index (κ2) is 17.2. The lowest BCUT2D eigenvalue weighted by Gasteiger charge is -2.37. The molecule has 0 N–H and O–H groups in total. The number of unbranched alkanes of at least 4 members (excludes halogenated alkanes) is 4. The number of hydrogen-bond donors (Lipinski definition) is 0. The molecule has 0 saturated carbocycles. The first-order valence-corrected chi connectivity index (χ1v) is 16.2. The summed E-state index contributed by atoms with van der Waals surface area (Å²) in [6, 6.07) is 8.63. The number of likely N-dealkylation sites (N-methyl/N-ethyl adjacent to an activating group) is 1. The maximum atomic E-state index is 10.3. The number of methoxy groups -OCH3 is 4. The van der Waals surface area contributed by atoms with Gasteiger partial charge in [-0.3, -0.25) is 4.90 Å². The summed E-state index contributed by atoms with van der Waals surface area (Å²) in [4.78, 5) is 2.40. The summed E-state index contributed by atoms with van der Waals surface area (Å²) in [5.41, 5.74) is 2.56. The van der Waals surface area contributed by atoms with E-state index < -0.39 is 5.41 Å². The first-order valence-electron chi connectivity index (χ1n) is 16.2. The first-order chi connectivity index (χ1) is 21.3. The molecule has 0 radical (unpaired) electrons. The fourth-order valence-corrected chi connectivity index (χ4v) is 6.09. The first kappa shape index (κ1) is 35.2. The van der Waals surface area contributed by atoms with E-state index in [1.165, 1.54) is 0 Å². The highest BCUT2D eigenvalue weighted by atomic mass is 16.5. The molecule has 8 heteroatoms. The van der Waals surface area contributed by atoms with Crippen LogP contribution in [0.5, 0.6) is 34.5 Å². The molecule has 2 unspecified atom stereocenters. The summed E-state index contributed by atoms with van der Waals surface area (Å²) in [5, 5.41) is 10.3. The van der Waals surface area contributed by atoms with Crippen molar-refractivity contribution < 1.29 is 28.4 Å². The Morgan fingerprint density at radius 2 is 1.39 bits per heavy atom. The summed E-state index contributed by atoms with van der Waals surface area (Å²) < 4.78 is 35.7. The zero-order valence-electron chi connectivity index (χ0n) is 28.3. The number of benzene rings is 2. The van der Waals surface area contributed by atoms with Crippen LogP contribution < -0.4 is 28.4 Å². The molecule has 0 spiro atoms. The monoisotopic (exact) mass is 610 g/mol. The van der Waals surface area contributed by atoms with Crippen molar-refractivity contribution in [2.24, 2.45) is 0 Å². The maximum Gasteiger partial charge on any atom is 0.207 e. The number of fused-ring (bicyclic) bond motifs is 1. The van der Waals surface area contributed by atoms with Crippen LogP contribution in [0, 0.1) is 11.3 Å². The summed E-state index contributed by atoms with van der Waals surface area (Å²) in [5.74, 6) is 4.07. The van der Waals surface area contributed by atoms with Crippen molar-refractivity contribution in [3.05, 3.63) is 34.9 Å². The zero-order chi connectivity index (χ0) is 32.1. The Bertz CT molecular complexity index is 1240. The van der Waals surface area contributed by atoms with E-state index >= 15 is 0 Å². The lowest BCUT2D eigenvalue weighted by molar-refractivity contribution is 0.184. The van der Waals surface area contributed by atoms with Crippen LogP contribution in [0.3, 0.4) is 0 Å². The average Bonchev–Trinajstić information content (AvgIpc) is 3.04.